The molecular weight excluding hydrogens is 344 g/mol. The lowest BCUT2D eigenvalue weighted by Gasteiger charge is -2.18. The molecule has 1 heterocycles. The van der Waals surface area contributed by atoms with Gasteiger partial charge in [-0.1, -0.05) is 18.2 Å². The first-order valence-corrected chi connectivity index (χ1v) is 8.46. The Balaban J connectivity index is 1.69. The number of methoxy groups -OCH3 is 1. The van der Waals surface area contributed by atoms with E-state index < -0.39 is 6.09 Å². The Kier molecular flexibility index (Phi) is 5.61. The van der Waals surface area contributed by atoms with Crippen molar-refractivity contribution in [3.63, 3.8) is 0 Å². The number of nitrogens with zero attached hydrogens (tertiary/aromatic N) is 2. The number of hydrogen-bond acceptors (Lipinski definition) is 5. The number of hydrogen-bond donors (Lipinski definition) is 2. The van der Waals surface area contributed by atoms with Crippen molar-refractivity contribution in [3.05, 3.63) is 60.4 Å². The van der Waals surface area contributed by atoms with Crippen LogP contribution in [0.5, 0.6) is 11.5 Å². The van der Waals surface area contributed by atoms with Crippen molar-refractivity contribution in [1.29, 1.82) is 0 Å². The van der Waals surface area contributed by atoms with Gasteiger partial charge in [-0.2, -0.15) is 5.10 Å². The number of carbonyl (C=O) groups is 1. The van der Waals surface area contributed by atoms with E-state index in [1.807, 2.05) is 61.6 Å². The minimum Gasteiger partial charge on any atom is -0.497 e. The molecule has 0 aliphatic rings. The highest BCUT2D eigenvalue weighted by molar-refractivity contribution is 5.77. The van der Waals surface area contributed by atoms with Gasteiger partial charge in [0.25, 0.3) is 0 Å². The fourth-order valence-corrected chi connectivity index (χ4v) is 2.63. The molecule has 27 heavy (non-hydrogen) atoms. The zero-order chi connectivity index (χ0) is 19.2. The maximum Gasteiger partial charge on any atom is 0.412 e. The van der Waals surface area contributed by atoms with Crippen LogP contribution in [0.3, 0.4) is 0 Å². The van der Waals surface area contributed by atoms with E-state index in [4.69, 9.17) is 9.47 Å². The summed E-state index contributed by atoms with van der Waals surface area (Å²) in [6, 6.07) is 13.1. The van der Waals surface area contributed by atoms with Crippen LogP contribution in [0.1, 0.15) is 5.56 Å². The van der Waals surface area contributed by atoms with Crippen molar-refractivity contribution >= 4 is 11.8 Å². The summed E-state index contributed by atoms with van der Waals surface area (Å²) in [4.78, 5) is 14.1. The largest absolute Gasteiger partial charge is 0.497 e. The molecule has 140 valence electrons. The molecule has 0 aliphatic carbocycles. The number of ether oxygens (including phenoxy) is 2. The molecule has 0 saturated carbocycles. The monoisotopic (exact) mass is 366 g/mol. The van der Waals surface area contributed by atoms with Crippen LogP contribution in [-0.4, -0.2) is 37.5 Å². The highest BCUT2D eigenvalue weighted by atomic mass is 16.6. The zero-order valence-electron chi connectivity index (χ0n) is 15.5. The summed E-state index contributed by atoms with van der Waals surface area (Å²) in [6.07, 6.45) is 3.05. The molecule has 2 aromatic carbocycles. The number of nitrogens with one attached hydrogen (secondary N) is 2. The lowest BCUT2D eigenvalue weighted by molar-refractivity contribution is 0.200. The fourth-order valence-electron chi connectivity index (χ4n) is 2.63. The molecule has 3 rings (SSSR count). The van der Waals surface area contributed by atoms with Crippen LogP contribution in [0.2, 0.25) is 0 Å². The molecule has 3 aromatic rings. The molecule has 0 radical (unpaired) electrons. The third kappa shape index (κ3) is 4.58. The number of aromatic nitrogens is 2. The van der Waals surface area contributed by atoms with Gasteiger partial charge in [-0.15, -0.1) is 0 Å². The minimum absolute atomic E-state index is 0.348. The highest BCUT2D eigenvalue weighted by Gasteiger charge is 2.13. The van der Waals surface area contributed by atoms with E-state index in [1.165, 1.54) is 0 Å². The number of aromatic amines is 1. The number of amides is 1. The van der Waals surface area contributed by atoms with E-state index >= 15 is 0 Å². The van der Waals surface area contributed by atoms with Crippen LogP contribution in [0.15, 0.2) is 54.9 Å². The van der Waals surface area contributed by atoms with Gasteiger partial charge in [0.1, 0.15) is 5.75 Å². The molecule has 1 amide bonds. The Hall–Kier alpha value is -3.48. The summed E-state index contributed by atoms with van der Waals surface area (Å²) in [7, 11) is 5.40. The molecule has 0 unspecified atom stereocenters. The number of rotatable bonds is 6. The maximum absolute atomic E-state index is 12.2. The summed E-state index contributed by atoms with van der Waals surface area (Å²) >= 11 is 0. The second-order valence-corrected chi connectivity index (χ2v) is 6.16. The number of H-pyrrole nitrogens is 1. The van der Waals surface area contributed by atoms with E-state index in [-0.39, 0.29) is 0 Å². The summed E-state index contributed by atoms with van der Waals surface area (Å²) in [5, 5.41) is 9.52. The second kappa shape index (κ2) is 8.27. The SMILES string of the molecule is COc1cccc(CNC(=O)Oc2ccc(-c3cn[nH]c3)cc2N(C)C)c1. The molecule has 0 fully saturated rings. The van der Waals surface area contributed by atoms with Crippen molar-refractivity contribution in [2.75, 3.05) is 26.1 Å². The van der Waals surface area contributed by atoms with Gasteiger partial charge in [0.15, 0.2) is 5.75 Å². The summed E-state index contributed by atoms with van der Waals surface area (Å²) in [5.74, 6) is 1.22. The molecule has 2 N–H and O–H groups in total. The first-order chi connectivity index (χ1) is 13.1. The van der Waals surface area contributed by atoms with Gasteiger partial charge < -0.3 is 19.7 Å². The second-order valence-electron chi connectivity index (χ2n) is 6.16. The van der Waals surface area contributed by atoms with Gasteiger partial charge in [0.05, 0.1) is 19.0 Å². The van der Waals surface area contributed by atoms with Crippen LogP contribution in [-0.2, 0) is 6.54 Å². The number of carbonyl (C=O) groups excluding carboxylic acids is 1. The summed E-state index contributed by atoms with van der Waals surface area (Å²) < 4.78 is 10.7. The van der Waals surface area contributed by atoms with Gasteiger partial charge in [-0.3, -0.25) is 5.10 Å². The van der Waals surface area contributed by atoms with Gasteiger partial charge in [-0.25, -0.2) is 4.79 Å². The van der Waals surface area contributed by atoms with Crippen LogP contribution < -0.4 is 19.7 Å². The Morgan fingerprint density at radius 2 is 2.04 bits per heavy atom. The topological polar surface area (TPSA) is 79.5 Å². The van der Waals surface area contributed by atoms with Gasteiger partial charge >= 0.3 is 6.09 Å². The predicted molar refractivity (Wildman–Crippen MR) is 104 cm³/mol. The van der Waals surface area contributed by atoms with E-state index in [2.05, 4.69) is 15.5 Å². The normalized spacial score (nSPS) is 10.3. The molecule has 0 saturated heterocycles. The first kappa shape index (κ1) is 18.3. The van der Waals surface area contributed by atoms with E-state index in [0.29, 0.717) is 12.3 Å². The van der Waals surface area contributed by atoms with E-state index in [1.54, 1.807) is 19.4 Å². The van der Waals surface area contributed by atoms with Crippen LogP contribution in [0.25, 0.3) is 11.1 Å². The van der Waals surface area contributed by atoms with Crippen molar-refractivity contribution in [2.24, 2.45) is 0 Å². The Morgan fingerprint density at radius 3 is 2.74 bits per heavy atom. The average molecular weight is 366 g/mol. The molecular formula is C20H22N4O3. The third-order valence-corrected chi connectivity index (χ3v) is 4.05. The summed E-state index contributed by atoms with van der Waals surface area (Å²) in [6.45, 7) is 0.348. The fraction of sp³-hybridized carbons (Fsp3) is 0.200. The molecule has 0 aliphatic heterocycles. The van der Waals surface area contributed by atoms with Crippen molar-refractivity contribution in [3.8, 4) is 22.6 Å². The predicted octanol–water partition coefficient (Wildman–Crippen LogP) is 3.44. The average Bonchev–Trinajstić information content (AvgIpc) is 3.21. The van der Waals surface area contributed by atoms with E-state index in [0.717, 1.165) is 28.1 Å². The van der Waals surface area contributed by atoms with Crippen molar-refractivity contribution in [2.45, 2.75) is 6.54 Å². The number of benzene rings is 2. The molecule has 0 atom stereocenters. The Labute approximate surface area is 157 Å². The van der Waals surface area contributed by atoms with E-state index in [9.17, 15) is 4.79 Å². The van der Waals surface area contributed by atoms with Crippen LogP contribution in [0.4, 0.5) is 10.5 Å². The zero-order valence-corrected chi connectivity index (χ0v) is 15.5. The smallest absolute Gasteiger partial charge is 0.412 e. The summed E-state index contributed by atoms with van der Waals surface area (Å²) in [5.41, 5.74) is 3.67. The Bertz CT molecular complexity index is 907. The van der Waals surface area contributed by atoms with Crippen molar-refractivity contribution in [1.82, 2.24) is 15.5 Å². The maximum atomic E-state index is 12.2. The minimum atomic E-state index is -0.517. The van der Waals surface area contributed by atoms with Crippen LogP contribution in [0, 0.1) is 0 Å². The van der Waals surface area contributed by atoms with Gasteiger partial charge in [0, 0.05) is 32.4 Å². The van der Waals surface area contributed by atoms with Crippen LogP contribution >= 0.6 is 0 Å². The lowest BCUT2D eigenvalue weighted by atomic mass is 10.1. The Morgan fingerprint density at radius 1 is 1.19 bits per heavy atom. The number of anilines is 1. The molecule has 0 bridgehead atoms. The van der Waals surface area contributed by atoms with Gasteiger partial charge in [0.2, 0.25) is 0 Å². The molecule has 7 nitrogen and oxygen atoms in total. The highest BCUT2D eigenvalue weighted by Crippen LogP contribution is 2.32. The standard InChI is InChI=1S/C20H22N4O3/c1-24(2)18-10-15(16-12-22-23-13-16)7-8-19(18)27-20(25)21-11-14-5-4-6-17(9-14)26-3/h4-10,12-13H,11H2,1-3H3,(H,21,25)(H,22,23). The third-order valence-electron chi connectivity index (χ3n) is 4.05. The molecule has 7 heteroatoms. The quantitative estimate of drug-likeness (QED) is 0.699. The lowest BCUT2D eigenvalue weighted by Crippen LogP contribution is -2.27. The molecule has 1 aromatic heterocycles. The van der Waals surface area contributed by atoms with Crippen molar-refractivity contribution < 1.29 is 14.3 Å². The van der Waals surface area contributed by atoms with Gasteiger partial charge in [-0.05, 0) is 35.4 Å². The molecule has 0 spiro atoms. The first-order valence-electron chi connectivity index (χ1n) is 8.46.